The van der Waals surface area contributed by atoms with Crippen molar-refractivity contribution >= 4 is 34.1 Å². The van der Waals surface area contributed by atoms with Crippen LogP contribution in [0, 0.1) is 5.92 Å². The van der Waals surface area contributed by atoms with E-state index in [1.54, 1.807) is 13.1 Å². The van der Waals surface area contributed by atoms with E-state index in [2.05, 4.69) is 61.8 Å². The van der Waals surface area contributed by atoms with E-state index in [0.29, 0.717) is 22.9 Å². The van der Waals surface area contributed by atoms with Crippen LogP contribution in [0.2, 0.25) is 0 Å². The molecule has 35 heavy (non-hydrogen) atoms. The lowest BCUT2D eigenvalue weighted by Crippen LogP contribution is -2.45. The third-order valence-electron chi connectivity index (χ3n) is 6.71. The first-order valence-electron chi connectivity index (χ1n) is 11.5. The fourth-order valence-electron chi connectivity index (χ4n) is 4.88. The minimum Gasteiger partial charge on any atom is -0.365 e. The summed E-state index contributed by atoms with van der Waals surface area (Å²) in [5.74, 6) is 0.112. The summed E-state index contributed by atoms with van der Waals surface area (Å²) < 4.78 is 0. The van der Waals surface area contributed by atoms with Gasteiger partial charge in [-0.2, -0.15) is 5.10 Å². The van der Waals surface area contributed by atoms with Crippen LogP contribution in [0.5, 0.6) is 0 Å². The van der Waals surface area contributed by atoms with Gasteiger partial charge in [-0.1, -0.05) is 36.4 Å². The van der Waals surface area contributed by atoms with Crippen LogP contribution < -0.4 is 21.3 Å². The zero-order valence-electron chi connectivity index (χ0n) is 19.1. The third-order valence-corrected chi connectivity index (χ3v) is 6.71. The number of aromatic nitrogens is 2. The maximum Gasteiger partial charge on any atom is 0.319 e. The number of amides is 3. The van der Waals surface area contributed by atoms with Crippen molar-refractivity contribution in [2.24, 2.45) is 5.92 Å². The van der Waals surface area contributed by atoms with Crippen molar-refractivity contribution in [3.8, 4) is 0 Å². The van der Waals surface area contributed by atoms with Gasteiger partial charge in [-0.3, -0.25) is 9.89 Å². The lowest BCUT2D eigenvalue weighted by atomic mass is 9.87. The van der Waals surface area contributed by atoms with E-state index in [9.17, 15) is 9.59 Å². The Labute approximate surface area is 201 Å². The number of hydrogen-bond donors (Lipinski definition) is 5. The average Bonchev–Trinajstić information content (AvgIpc) is 3.52. The van der Waals surface area contributed by atoms with E-state index < -0.39 is 6.04 Å². The highest BCUT2D eigenvalue weighted by Gasteiger charge is 2.31. The van der Waals surface area contributed by atoms with E-state index in [1.165, 1.54) is 11.3 Å². The van der Waals surface area contributed by atoms with E-state index in [-0.39, 0.29) is 11.9 Å². The summed E-state index contributed by atoms with van der Waals surface area (Å²) in [6.45, 7) is 1.74. The first-order chi connectivity index (χ1) is 17.0. The monoisotopic (exact) mass is 464 g/mol. The van der Waals surface area contributed by atoms with Crippen molar-refractivity contribution in [1.82, 2.24) is 26.1 Å². The van der Waals surface area contributed by atoms with Crippen molar-refractivity contribution in [1.29, 1.82) is 0 Å². The molecule has 2 atom stereocenters. The van der Waals surface area contributed by atoms with Gasteiger partial charge < -0.3 is 21.3 Å². The number of aromatic amines is 1. The van der Waals surface area contributed by atoms with E-state index >= 15 is 0 Å². The highest BCUT2D eigenvalue weighted by Crippen LogP contribution is 2.35. The molecule has 3 aromatic rings. The lowest BCUT2D eigenvalue weighted by Gasteiger charge is -2.29. The molecule has 2 aromatic carbocycles. The number of hydrogen-bond acceptors (Lipinski definition) is 4. The fraction of sp³-hybridized carbons (Fsp3) is 0.148. The predicted molar refractivity (Wildman–Crippen MR) is 135 cm³/mol. The highest BCUT2D eigenvalue weighted by molar-refractivity contribution is 6.07. The van der Waals surface area contributed by atoms with Crippen molar-refractivity contribution in [2.45, 2.75) is 19.4 Å². The average molecular weight is 465 g/mol. The van der Waals surface area contributed by atoms with Crippen LogP contribution in [0.25, 0.3) is 16.5 Å². The number of anilines is 1. The highest BCUT2D eigenvalue weighted by atomic mass is 16.2. The fourth-order valence-corrected chi connectivity index (χ4v) is 4.88. The Morgan fingerprint density at radius 2 is 1.97 bits per heavy atom. The molecule has 2 unspecified atom stereocenters. The van der Waals surface area contributed by atoms with Gasteiger partial charge in [0.05, 0.1) is 23.3 Å². The number of allylic oxidation sites excluding steroid dienone is 5. The molecule has 8 nitrogen and oxygen atoms in total. The van der Waals surface area contributed by atoms with E-state index in [1.807, 2.05) is 36.5 Å². The molecule has 3 aliphatic rings. The Balaban J connectivity index is 1.26. The molecule has 0 bridgehead atoms. The second-order valence-corrected chi connectivity index (χ2v) is 8.95. The molecule has 8 heteroatoms. The van der Waals surface area contributed by atoms with Crippen LogP contribution in [0.4, 0.5) is 10.5 Å². The first-order valence-corrected chi connectivity index (χ1v) is 11.5. The number of carbonyl (C=O) groups is 2. The molecule has 174 valence electrons. The Hall–Kier alpha value is -4.59. The number of nitrogens with one attached hydrogen (secondary N) is 5. The zero-order chi connectivity index (χ0) is 23.9. The Morgan fingerprint density at radius 1 is 1.11 bits per heavy atom. The molecule has 0 saturated heterocycles. The number of rotatable bonds is 4. The van der Waals surface area contributed by atoms with Crippen molar-refractivity contribution in [3.05, 3.63) is 101 Å². The largest absolute Gasteiger partial charge is 0.365 e. The number of benzene rings is 2. The SMILES string of the molecule is CC1=C(C(=O)Nc2ccc3[nH]ncc3c2)C(c2ccc(C3=CC=C4NC=CC4C3)cc2)NC(=O)N1. The Bertz CT molecular complexity index is 1470. The summed E-state index contributed by atoms with van der Waals surface area (Å²) >= 11 is 0. The summed E-state index contributed by atoms with van der Waals surface area (Å²) in [7, 11) is 0. The van der Waals surface area contributed by atoms with Gasteiger partial charge in [0.1, 0.15) is 0 Å². The molecule has 1 aromatic heterocycles. The molecule has 0 spiro atoms. The lowest BCUT2D eigenvalue weighted by molar-refractivity contribution is -0.113. The summed E-state index contributed by atoms with van der Waals surface area (Å²) in [4.78, 5) is 25.6. The third kappa shape index (κ3) is 3.89. The molecule has 2 aliphatic heterocycles. The van der Waals surface area contributed by atoms with Crippen molar-refractivity contribution in [3.63, 3.8) is 0 Å². The van der Waals surface area contributed by atoms with Gasteiger partial charge in [-0.25, -0.2) is 4.79 Å². The van der Waals surface area contributed by atoms with Crippen LogP contribution in [-0.2, 0) is 4.79 Å². The molecular formula is C27H24N6O2. The number of carbonyl (C=O) groups excluding carboxylic acids is 2. The van der Waals surface area contributed by atoms with Crippen LogP contribution in [0.1, 0.15) is 30.5 Å². The molecule has 0 radical (unpaired) electrons. The van der Waals surface area contributed by atoms with Gasteiger partial charge in [0.25, 0.3) is 5.91 Å². The summed E-state index contributed by atoms with van der Waals surface area (Å²) in [5, 5.41) is 19.7. The molecule has 1 aliphatic carbocycles. The van der Waals surface area contributed by atoms with Gasteiger partial charge in [0.2, 0.25) is 0 Å². The molecular weight excluding hydrogens is 440 g/mol. The Morgan fingerprint density at radius 3 is 2.83 bits per heavy atom. The maximum atomic E-state index is 13.4. The normalized spacial score (nSPS) is 21.0. The second kappa shape index (κ2) is 8.32. The molecule has 0 saturated carbocycles. The van der Waals surface area contributed by atoms with Gasteiger partial charge in [0.15, 0.2) is 0 Å². The molecule has 0 fully saturated rings. The summed E-state index contributed by atoms with van der Waals surface area (Å²) in [5.41, 5.74) is 7.00. The molecule has 5 N–H and O–H groups in total. The number of nitrogens with zero attached hydrogens (tertiary/aromatic N) is 1. The van der Waals surface area contributed by atoms with Crippen LogP contribution in [0.3, 0.4) is 0 Å². The number of fused-ring (bicyclic) bond motifs is 2. The molecule has 3 amide bonds. The topological polar surface area (TPSA) is 111 Å². The number of H-pyrrole nitrogens is 1. The summed E-state index contributed by atoms with van der Waals surface area (Å²) in [6, 6.07) is 12.7. The predicted octanol–water partition coefficient (Wildman–Crippen LogP) is 4.23. The van der Waals surface area contributed by atoms with Gasteiger partial charge in [-0.15, -0.1) is 0 Å². The smallest absolute Gasteiger partial charge is 0.319 e. The standard InChI is InChI=1S/C27H24N6O2/c1-15-24(26(34)31-21-7-9-23-20(13-21)14-29-33-23)25(32-27(35)30-15)17-4-2-16(3-5-17)18-6-8-22-19(12-18)10-11-28-22/h2-11,13-14,19,25,28H,12H2,1H3,(H,29,33)(H,31,34)(H2,30,32,35). The van der Waals surface area contributed by atoms with Gasteiger partial charge in [0, 0.05) is 28.4 Å². The van der Waals surface area contributed by atoms with E-state index in [0.717, 1.165) is 28.5 Å². The first kappa shape index (κ1) is 21.0. The summed E-state index contributed by atoms with van der Waals surface area (Å²) in [6.07, 6.45) is 11.1. The minimum atomic E-state index is -0.566. The van der Waals surface area contributed by atoms with Crippen LogP contribution >= 0.6 is 0 Å². The second-order valence-electron chi connectivity index (χ2n) is 8.95. The van der Waals surface area contributed by atoms with Gasteiger partial charge >= 0.3 is 6.03 Å². The van der Waals surface area contributed by atoms with E-state index in [4.69, 9.17) is 0 Å². The van der Waals surface area contributed by atoms with Crippen molar-refractivity contribution < 1.29 is 9.59 Å². The molecule has 6 rings (SSSR count). The van der Waals surface area contributed by atoms with Crippen molar-refractivity contribution in [2.75, 3.05) is 5.32 Å². The van der Waals surface area contributed by atoms with Gasteiger partial charge in [-0.05, 0) is 60.5 Å². The number of urea groups is 1. The zero-order valence-corrected chi connectivity index (χ0v) is 19.1. The van der Waals surface area contributed by atoms with Crippen LogP contribution in [0.15, 0.2) is 90.1 Å². The Kier molecular flexibility index (Phi) is 4.99. The maximum absolute atomic E-state index is 13.4. The quantitative estimate of drug-likeness (QED) is 0.398. The molecule has 3 heterocycles. The minimum absolute atomic E-state index is 0.278. The van der Waals surface area contributed by atoms with Crippen LogP contribution in [-0.4, -0.2) is 22.1 Å².